The van der Waals surface area contributed by atoms with Crippen molar-refractivity contribution in [2.45, 2.75) is 83.1 Å². The van der Waals surface area contributed by atoms with Crippen LogP contribution in [0.5, 0.6) is 0 Å². The topological polar surface area (TPSA) is 251 Å². The Labute approximate surface area is 316 Å². The monoisotopic (exact) mass is 769 g/mol. The first-order valence-electron chi connectivity index (χ1n) is 16.9. The number of hydrogen-bond acceptors (Lipinski definition) is 10. The number of H-pyrrole nitrogens is 1. The standard InChI is InChI=1S/C36H47N7O10S/c1-21(44)43(53-42-35(51)52-36(2,3)4)29(18-23-20-38-25-14-10-9-13-24(23)25)34(50)39-26(15-16-54-5)32(48)41-28(19-30(45)46)33(49)40-27(31(37)47)17-22-11-7-6-8-12-22/h6-14,20,26-29,38H,15-19H2,1-5H3,(H2,37,47)(H,39,50)(H,40,49)(H,41,48)(H,42,51)(H,45,46)/t26-,27-,28-,29-/m0/s1. The third-order valence-corrected chi connectivity index (χ3v) is 8.45. The predicted octanol–water partition coefficient (Wildman–Crippen LogP) is 1.71. The number of aliphatic carboxylic acids is 1. The van der Waals surface area contributed by atoms with Crippen molar-refractivity contribution in [1.29, 1.82) is 0 Å². The number of carbonyl (C=O) groups is 7. The van der Waals surface area contributed by atoms with Crippen LogP contribution in [0.3, 0.4) is 0 Å². The van der Waals surface area contributed by atoms with Crippen molar-refractivity contribution in [1.82, 2.24) is 31.5 Å². The summed E-state index contributed by atoms with van der Waals surface area (Å²) in [5, 5.41) is 18.4. The number of amides is 6. The number of nitrogens with zero attached hydrogens (tertiary/aromatic N) is 1. The first kappa shape index (κ1) is 42.8. The second kappa shape index (κ2) is 20.0. The largest absolute Gasteiger partial charge is 0.481 e. The fourth-order valence-corrected chi connectivity index (χ4v) is 5.77. The number of hydrogen-bond donors (Lipinski definition) is 7. The molecule has 1 heterocycles. The van der Waals surface area contributed by atoms with E-state index < -0.39 is 77.8 Å². The molecule has 0 aliphatic carbocycles. The number of nitrogens with two attached hydrogens (primary N) is 1. The number of ether oxygens (including phenoxy) is 1. The van der Waals surface area contributed by atoms with E-state index in [9.17, 15) is 38.7 Å². The summed E-state index contributed by atoms with van der Waals surface area (Å²) in [5.41, 5.74) is 8.66. The summed E-state index contributed by atoms with van der Waals surface area (Å²) in [6.45, 7) is 5.96. The number of carboxylic acids is 1. The number of carboxylic acid groups (broad SMARTS) is 1. The number of aromatic nitrogens is 1. The number of primary amides is 1. The molecule has 2 aromatic carbocycles. The first-order valence-corrected chi connectivity index (χ1v) is 18.3. The van der Waals surface area contributed by atoms with Crippen LogP contribution < -0.4 is 27.2 Å². The molecular weight excluding hydrogens is 723 g/mol. The van der Waals surface area contributed by atoms with Gasteiger partial charge in [-0.2, -0.15) is 22.3 Å². The zero-order valence-corrected chi connectivity index (χ0v) is 31.5. The van der Waals surface area contributed by atoms with Gasteiger partial charge >= 0.3 is 12.1 Å². The highest BCUT2D eigenvalue weighted by Gasteiger charge is 2.36. The van der Waals surface area contributed by atoms with Crippen LogP contribution in [-0.4, -0.2) is 98.5 Å². The number of carbonyl (C=O) groups excluding carboxylic acids is 6. The predicted molar refractivity (Wildman–Crippen MR) is 199 cm³/mol. The van der Waals surface area contributed by atoms with E-state index in [1.165, 1.54) is 11.8 Å². The number of fused-ring (bicyclic) bond motifs is 1. The zero-order valence-electron chi connectivity index (χ0n) is 30.7. The average molecular weight is 770 g/mol. The van der Waals surface area contributed by atoms with Crippen molar-refractivity contribution >= 4 is 64.3 Å². The molecule has 18 heteroatoms. The minimum absolute atomic E-state index is 0.0113. The van der Waals surface area contributed by atoms with Crippen LogP contribution in [0.1, 0.15) is 51.7 Å². The lowest BCUT2D eigenvalue weighted by atomic mass is 10.0. The summed E-state index contributed by atoms with van der Waals surface area (Å²) in [4.78, 5) is 99.1. The molecule has 0 aliphatic rings. The third kappa shape index (κ3) is 13.4. The van der Waals surface area contributed by atoms with E-state index in [2.05, 4.69) is 20.9 Å². The van der Waals surface area contributed by atoms with Gasteiger partial charge in [0.15, 0.2) is 0 Å². The summed E-state index contributed by atoms with van der Waals surface area (Å²) in [5.74, 6) is -5.52. The summed E-state index contributed by atoms with van der Waals surface area (Å²) in [7, 11) is 0. The summed E-state index contributed by atoms with van der Waals surface area (Å²) in [6.07, 6.45) is 1.40. The molecule has 0 radical (unpaired) electrons. The first-order chi connectivity index (χ1) is 25.5. The highest BCUT2D eigenvalue weighted by atomic mass is 32.2. The highest BCUT2D eigenvalue weighted by molar-refractivity contribution is 7.98. The van der Waals surface area contributed by atoms with Gasteiger partial charge in [0.25, 0.3) is 0 Å². The van der Waals surface area contributed by atoms with E-state index in [0.717, 1.165) is 17.8 Å². The SMILES string of the molecule is CSCC[C@H](NC(=O)[C@H](Cc1c[nH]c2ccccc12)N(ONC(=O)OC(C)(C)C)C(C)=O)C(=O)N[C@@H](CC(=O)O)C(=O)N[C@@H](Cc1ccccc1)C(N)=O. The van der Waals surface area contributed by atoms with Crippen molar-refractivity contribution in [2.75, 3.05) is 12.0 Å². The number of thioether (sulfide) groups is 1. The molecule has 0 bridgehead atoms. The second-order valence-corrected chi connectivity index (χ2v) is 14.3. The molecule has 6 amide bonds. The van der Waals surface area contributed by atoms with Gasteiger partial charge in [-0.3, -0.25) is 28.8 Å². The number of nitrogens with one attached hydrogen (secondary N) is 5. The Morgan fingerprint density at radius 3 is 2.09 bits per heavy atom. The Morgan fingerprint density at radius 1 is 0.870 bits per heavy atom. The lowest BCUT2D eigenvalue weighted by Crippen LogP contribution is -2.59. The molecular formula is C36H47N7O10S. The van der Waals surface area contributed by atoms with Crippen LogP contribution in [0.25, 0.3) is 10.9 Å². The molecule has 3 aromatic rings. The summed E-state index contributed by atoms with van der Waals surface area (Å²) in [6, 6.07) is 10.2. The van der Waals surface area contributed by atoms with Crippen LogP contribution in [0.15, 0.2) is 60.8 Å². The maximum absolute atomic E-state index is 14.1. The maximum atomic E-state index is 14.1. The molecule has 0 saturated heterocycles. The van der Waals surface area contributed by atoms with E-state index >= 15 is 0 Å². The van der Waals surface area contributed by atoms with Gasteiger partial charge < -0.3 is 36.5 Å². The molecule has 3 rings (SSSR count). The van der Waals surface area contributed by atoms with Crippen LogP contribution >= 0.6 is 11.8 Å². The van der Waals surface area contributed by atoms with Crippen molar-refractivity contribution in [3.63, 3.8) is 0 Å². The van der Waals surface area contributed by atoms with E-state index in [0.29, 0.717) is 21.9 Å². The molecule has 1 aromatic heterocycles. The van der Waals surface area contributed by atoms with Crippen molar-refractivity contribution in [2.24, 2.45) is 5.73 Å². The molecule has 292 valence electrons. The van der Waals surface area contributed by atoms with Gasteiger partial charge in [0.2, 0.25) is 29.5 Å². The molecule has 8 N–H and O–H groups in total. The van der Waals surface area contributed by atoms with Crippen molar-refractivity contribution in [3.05, 3.63) is 71.9 Å². The molecule has 54 heavy (non-hydrogen) atoms. The Kier molecular flexibility index (Phi) is 15.9. The highest BCUT2D eigenvalue weighted by Crippen LogP contribution is 2.21. The van der Waals surface area contributed by atoms with E-state index in [-0.39, 0.29) is 19.3 Å². The van der Waals surface area contributed by atoms with Gasteiger partial charge in [0.05, 0.1) is 6.42 Å². The zero-order chi connectivity index (χ0) is 40.0. The van der Waals surface area contributed by atoms with Crippen LogP contribution in [-0.2, 0) is 51.3 Å². The molecule has 0 unspecified atom stereocenters. The number of hydroxylamine groups is 3. The molecule has 17 nitrogen and oxygen atoms in total. The normalized spacial score (nSPS) is 13.4. The van der Waals surface area contributed by atoms with Crippen LogP contribution in [0.4, 0.5) is 4.79 Å². The lowest BCUT2D eigenvalue weighted by molar-refractivity contribution is -0.222. The number of benzene rings is 2. The van der Waals surface area contributed by atoms with Gasteiger partial charge in [-0.15, -0.1) is 4.94 Å². The smallest absolute Gasteiger partial charge is 0.433 e. The van der Waals surface area contributed by atoms with Crippen molar-refractivity contribution < 1.29 is 48.3 Å². The Hall–Kier alpha value is -5.62. The van der Waals surface area contributed by atoms with Crippen molar-refractivity contribution in [3.8, 4) is 0 Å². The fraction of sp³-hybridized carbons (Fsp3) is 0.417. The van der Waals surface area contributed by atoms with Gasteiger partial charge in [-0.25, -0.2) is 4.79 Å². The van der Waals surface area contributed by atoms with E-state index in [4.69, 9.17) is 15.4 Å². The third-order valence-electron chi connectivity index (χ3n) is 7.81. The summed E-state index contributed by atoms with van der Waals surface area (Å²) >= 11 is 1.35. The molecule has 4 atom stereocenters. The average Bonchev–Trinajstić information content (AvgIpc) is 3.50. The van der Waals surface area contributed by atoms with Crippen LogP contribution in [0, 0.1) is 0 Å². The van der Waals surface area contributed by atoms with Gasteiger partial charge in [0.1, 0.15) is 29.8 Å². The minimum Gasteiger partial charge on any atom is -0.481 e. The second-order valence-electron chi connectivity index (χ2n) is 13.3. The van der Waals surface area contributed by atoms with Gasteiger partial charge in [-0.05, 0) is 56.4 Å². The number of aromatic amines is 1. The maximum Gasteiger partial charge on any atom is 0.433 e. The molecule has 0 spiro atoms. The van der Waals surface area contributed by atoms with Crippen LogP contribution in [0.2, 0.25) is 0 Å². The lowest BCUT2D eigenvalue weighted by Gasteiger charge is -2.30. The quantitative estimate of drug-likeness (QED) is 0.0865. The minimum atomic E-state index is -1.67. The summed E-state index contributed by atoms with van der Waals surface area (Å²) < 4.78 is 5.19. The Bertz CT molecular complexity index is 1800. The number of para-hydroxylation sites is 1. The Balaban J connectivity index is 1.89. The Morgan fingerprint density at radius 2 is 1.48 bits per heavy atom. The fourth-order valence-electron chi connectivity index (χ4n) is 5.30. The van der Waals surface area contributed by atoms with E-state index in [1.807, 2.05) is 17.6 Å². The molecule has 0 fully saturated rings. The number of rotatable bonds is 19. The van der Waals surface area contributed by atoms with E-state index in [1.54, 1.807) is 75.7 Å². The van der Waals surface area contributed by atoms with Gasteiger partial charge in [-0.1, -0.05) is 48.5 Å². The molecule has 0 aliphatic heterocycles. The molecule has 0 saturated carbocycles. The van der Waals surface area contributed by atoms with Gasteiger partial charge in [0, 0.05) is 36.9 Å².